The first kappa shape index (κ1) is 12.9. The molecule has 2 N–H and O–H groups in total. The maximum absolute atomic E-state index is 12.2. The van der Waals surface area contributed by atoms with Crippen molar-refractivity contribution in [3.05, 3.63) is 30.3 Å². The summed E-state index contributed by atoms with van der Waals surface area (Å²) in [5.74, 6) is -0.569. The van der Waals surface area contributed by atoms with E-state index in [1.165, 1.54) is 4.90 Å². The number of carbonyl (C=O) groups excluding carboxylic acids is 1. The SMILES string of the molecule is O=C(O)C1C2CCC(CN1C(=O)Oc1ccccc1)N2. The number of amides is 1. The number of nitrogens with zero attached hydrogens (tertiary/aromatic N) is 1. The van der Waals surface area contributed by atoms with Crippen molar-refractivity contribution in [2.45, 2.75) is 31.0 Å². The number of para-hydroxylation sites is 1. The van der Waals surface area contributed by atoms with Crippen molar-refractivity contribution < 1.29 is 19.4 Å². The quantitative estimate of drug-likeness (QED) is 0.845. The van der Waals surface area contributed by atoms with Crippen LogP contribution in [-0.4, -0.2) is 46.7 Å². The molecule has 3 rings (SSSR count). The first-order valence-electron chi connectivity index (χ1n) is 6.67. The van der Waals surface area contributed by atoms with Gasteiger partial charge >= 0.3 is 12.1 Å². The second kappa shape index (κ2) is 5.13. The van der Waals surface area contributed by atoms with Gasteiger partial charge in [-0.3, -0.25) is 4.90 Å². The van der Waals surface area contributed by atoms with Crippen LogP contribution in [0.15, 0.2) is 30.3 Å². The molecule has 2 aliphatic heterocycles. The molecule has 0 spiro atoms. The van der Waals surface area contributed by atoms with Gasteiger partial charge in [-0.05, 0) is 25.0 Å². The summed E-state index contributed by atoms with van der Waals surface area (Å²) in [6.07, 6.45) is 1.07. The van der Waals surface area contributed by atoms with Crippen LogP contribution in [0.2, 0.25) is 0 Å². The van der Waals surface area contributed by atoms with E-state index in [9.17, 15) is 14.7 Å². The second-order valence-corrected chi connectivity index (χ2v) is 5.16. The molecule has 0 aromatic heterocycles. The number of likely N-dealkylation sites (tertiary alicyclic amines) is 1. The molecule has 106 valence electrons. The van der Waals surface area contributed by atoms with Gasteiger partial charge in [-0.2, -0.15) is 0 Å². The fourth-order valence-electron chi connectivity index (χ4n) is 2.95. The fourth-order valence-corrected chi connectivity index (χ4v) is 2.95. The molecule has 6 nitrogen and oxygen atoms in total. The van der Waals surface area contributed by atoms with Gasteiger partial charge in [0.25, 0.3) is 0 Å². The Balaban J connectivity index is 1.77. The lowest BCUT2D eigenvalue weighted by molar-refractivity contribution is -0.144. The van der Waals surface area contributed by atoms with E-state index in [1.54, 1.807) is 24.3 Å². The fraction of sp³-hybridized carbons (Fsp3) is 0.429. The molecule has 2 heterocycles. The maximum Gasteiger partial charge on any atom is 0.416 e. The molecular weight excluding hydrogens is 260 g/mol. The molecule has 0 radical (unpaired) electrons. The average molecular weight is 276 g/mol. The van der Waals surface area contributed by atoms with E-state index < -0.39 is 18.1 Å². The highest BCUT2D eigenvalue weighted by atomic mass is 16.6. The Morgan fingerprint density at radius 2 is 2.00 bits per heavy atom. The first-order valence-corrected chi connectivity index (χ1v) is 6.67. The molecule has 3 unspecified atom stereocenters. The van der Waals surface area contributed by atoms with Crippen molar-refractivity contribution >= 4 is 12.1 Å². The van der Waals surface area contributed by atoms with Gasteiger partial charge in [-0.25, -0.2) is 9.59 Å². The topological polar surface area (TPSA) is 78.9 Å². The minimum Gasteiger partial charge on any atom is -0.480 e. The van der Waals surface area contributed by atoms with Crippen LogP contribution in [-0.2, 0) is 4.79 Å². The number of rotatable bonds is 2. The Morgan fingerprint density at radius 1 is 1.25 bits per heavy atom. The van der Waals surface area contributed by atoms with Crippen LogP contribution in [0.5, 0.6) is 5.75 Å². The molecule has 3 atom stereocenters. The van der Waals surface area contributed by atoms with Crippen LogP contribution in [0.3, 0.4) is 0 Å². The van der Waals surface area contributed by atoms with Crippen molar-refractivity contribution in [2.24, 2.45) is 0 Å². The zero-order chi connectivity index (χ0) is 14.1. The van der Waals surface area contributed by atoms with Crippen molar-refractivity contribution in [3.8, 4) is 5.75 Å². The number of aliphatic carboxylic acids is 1. The number of ether oxygens (including phenoxy) is 1. The second-order valence-electron chi connectivity index (χ2n) is 5.16. The molecule has 2 saturated heterocycles. The zero-order valence-electron chi connectivity index (χ0n) is 10.9. The van der Waals surface area contributed by atoms with E-state index in [0.717, 1.165) is 12.8 Å². The van der Waals surface area contributed by atoms with Gasteiger partial charge in [0.05, 0.1) is 0 Å². The lowest BCUT2D eigenvalue weighted by Gasteiger charge is -2.37. The highest BCUT2D eigenvalue weighted by molar-refractivity contribution is 5.82. The molecule has 6 heteroatoms. The minimum absolute atomic E-state index is 0.166. The number of benzene rings is 1. The third-order valence-electron chi connectivity index (χ3n) is 3.85. The molecular formula is C14H16N2O4. The smallest absolute Gasteiger partial charge is 0.416 e. The predicted octanol–water partition coefficient (Wildman–Crippen LogP) is 1.07. The van der Waals surface area contributed by atoms with Gasteiger partial charge in [-0.1, -0.05) is 18.2 Å². The van der Waals surface area contributed by atoms with Crippen LogP contribution < -0.4 is 10.1 Å². The number of fused-ring (bicyclic) bond motifs is 2. The highest BCUT2D eigenvalue weighted by Gasteiger charge is 2.46. The van der Waals surface area contributed by atoms with E-state index in [2.05, 4.69) is 5.32 Å². The van der Waals surface area contributed by atoms with Crippen LogP contribution in [0.25, 0.3) is 0 Å². The molecule has 2 bridgehead atoms. The summed E-state index contributed by atoms with van der Waals surface area (Å²) in [6, 6.07) is 7.81. The van der Waals surface area contributed by atoms with Crippen LogP contribution in [0.4, 0.5) is 4.79 Å². The Bertz CT molecular complexity index is 519. The number of carbonyl (C=O) groups is 2. The van der Waals surface area contributed by atoms with E-state index in [1.807, 2.05) is 6.07 Å². The van der Waals surface area contributed by atoms with Crippen molar-refractivity contribution in [1.29, 1.82) is 0 Å². The molecule has 2 aliphatic rings. The van der Waals surface area contributed by atoms with E-state index in [4.69, 9.17) is 4.74 Å². The normalized spacial score (nSPS) is 28.2. The first-order chi connectivity index (χ1) is 9.65. The van der Waals surface area contributed by atoms with Crippen LogP contribution in [0.1, 0.15) is 12.8 Å². The number of hydrogen-bond donors (Lipinski definition) is 2. The Morgan fingerprint density at radius 3 is 2.70 bits per heavy atom. The van der Waals surface area contributed by atoms with Gasteiger partial charge in [0, 0.05) is 18.6 Å². The number of carboxylic acid groups (broad SMARTS) is 1. The maximum atomic E-state index is 12.2. The van der Waals surface area contributed by atoms with E-state index >= 15 is 0 Å². The summed E-state index contributed by atoms with van der Waals surface area (Å²) in [5.41, 5.74) is 0. The predicted molar refractivity (Wildman–Crippen MR) is 70.5 cm³/mol. The molecule has 1 amide bonds. The average Bonchev–Trinajstić information content (AvgIpc) is 2.80. The van der Waals surface area contributed by atoms with Crippen LogP contribution in [0, 0.1) is 0 Å². The molecule has 0 saturated carbocycles. The molecule has 1 aromatic carbocycles. The highest BCUT2D eigenvalue weighted by Crippen LogP contribution is 2.26. The summed E-state index contributed by atoms with van der Waals surface area (Å²) in [7, 11) is 0. The van der Waals surface area contributed by atoms with Crippen molar-refractivity contribution in [2.75, 3.05) is 6.54 Å². The molecule has 2 fully saturated rings. The largest absolute Gasteiger partial charge is 0.480 e. The standard InChI is InChI=1S/C14H16N2O4/c17-13(18)12-11-7-6-9(15-11)8-16(12)14(19)20-10-4-2-1-3-5-10/h1-5,9,11-12,15H,6-8H2,(H,17,18). The lowest BCUT2D eigenvalue weighted by atomic mass is 10.1. The number of piperazine rings is 1. The summed E-state index contributed by atoms with van der Waals surface area (Å²) in [6.45, 7) is 0.374. The summed E-state index contributed by atoms with van der Waals surface area (Å²) >= 11 is 0. The minimum atomic E-state index is -0.993. The van der Waals surface area contributed by atoms with Gasteiger partial charge in [-0.15, -0.1) is 0 Å². The third kappa shape index (κ3) is 2.34. The molecule has 1 aromatic rings. The Kier molecular flexibility index (Phi) is 3.31. The Labute approximate surface area is 116 Å². The van der Waals surface area contributed by atoms with E-state index in [-0.39, 0.29) is 12.1 Å². The van der Waals surface area contributed by atoms with Gasteiger partial charge in [0.1, 0.15) is 11.8 Å². The zero-order valence-corrected chi connectivity index (χ0v) is 10.9. The third-order valence-corrected chi connectivity index (χ3v) is 3.85. The monoisotopic (exact) mass is 276 g/mol. The van der Waals surface area contributed by atoms with Gasteiger partial charge in [0.15, 0.2) is 0 Å². The van der Waals surface area contributed by atoms with Gasteiger partial charge in [0.2, 0.25) is 0 Å². The van der Waals surface area contributed by atoms with Gasteiger partial charge < -0.3 is 15.2 Å². The lowest BCUT2D eigenvalue weighted by Crippen LogP contribution is -2.62. The van der Waals surface area contributed by atoms with Crippen molar-refractivity contribution in [3.63, 3.8) is 0 Å². The number of carboxylic acids is 1. The summed E-state index contributed by atoms with van der Waals surface area (Å²) in [4.78, 5) is 25.0. The summed E-state index contributed by atoms with van der Waals surface area (Å²) in [5, 5.41) is 12.6. The van der Waals surface area contributed by atoms with Crippen molar-refractivity contribution in [1.82, 2.24) is 10.2 Å². The van der Waals surface area contributed by atoms with Crippen LogP contribution >= 0.6 is 0 Å². The van der Waals surface area contributed by atoms with E-state index in [0.29, 0.717) is 12.3 Å². The molecule has 20 heavy (non-hydrogen) atoms. The summed E-state index contributed by atoms with van der Waals surface area (Å²) < 4.78 is 5.25. The Hall–Kier alpha value is -2.08. The molecule has 0 aliphatic carbocycles. The number of nitrogens with one attached hydrogen (secondary N) is 1. The number of hydrogen-bond acceptors (Lipinski definition) is 4.